The number of hydrogen-bond acceptors (Lipinski definition) is 0. The van der Waals surface area contributed by atoms with Crippen LogP contribution in [0.4, 0.5) is 0 Å². The Morgan fingerprint density at radius 3 is 1.75 bits per heavy atom. The number of allylic oxidation sites excluding steroid dienone is 4. The molecule has 0 nitrogen and oxygen atoms in total. The molecule has 0 amide bonds. The zero-order chi connectivity index (χ0) is 7.02. The first-order valence-corrected chi connectivity index (χ1v) is 4.40. The van der Waals surface area contributed by atoms with Gasteiger partial charge in [0.2, 0.25) is 0 Å². The molecule has 0 heterocycles. The van der Waals surface area contributed by atoms with Crippen LogP contribution in [0.1, 0.15) is 20.8 Å². The second-order valence-electron chi connectivity index (χ2n) is 2.80. The number of halogens is 2. The quantitative estimate of drug-likeness (QED) is 0.473. The maximum absolute atomic E-state index is 3.39. The molecule has 0 aromatic heterocycles. The smallest absolute Gasteiger partial charge is 0 e. The topological polar surface area (TPSA) is 0 Å². The molecule has 4 heteroatoms. The third-order valence-corrected chi connectivity index (χ3v) is 3.78. The second kappa shape index (κ2) is 7.55. The Hall–Kier alpha value is 1.16. The van der Waals surface area contributed by atoms with Gasteiger partial charge in [-0.25, -0.2) is 10.8 Å². The van der Waals surface area contributed by atoms with Crippen LogP contribution in [0.3, 0.4) is 0 Å². The first-order valence-electron chi connectivity index (χ1n) is 3.40. The van der Waals surface area contributed by atoms with Gasteiger partial charge in [-0.2, -0.15) is 5.57 Å². The molecule has 1 aliphatic rings. The van der Waals surface area contributed by atoms with Crippen LogP contribution in [-0.2, 0) is 26.2 Å². The predicted octanol–water partition coefficient (Wildman–Crippen LogP) is 1.87. The van der Waals surface area contributed by atoms with Crippen molar-refractivity contribution >= 4 is 35.1 Å². The Morgan fingerprint density at radius 1 is 1.25 bits per heavy atom. The van der Waals surface area contributed by atoms with Gasteiger partial charge in [-0.05, 0) is 10.2 Å². The summed E-state index contributed by atoms with van der Waals surface area (Å²) < 4.78 is 0. The maximum atomic E-state index is 3.39. The van der Waals surface area contributed by atoms with Gasteiger partial charge in [0.15, 0.2) is 0 Å². The van der Waals surface area contributed by atoms with E-state index >= 15 is 0 Å². The van der Waals surface area contributed by atoms with E-state index in [-0.39, 0.29) is 51.0 Å². The monoisotopic (exact) mass is 299 g/mol. The van der Waals surface area contributed by atoms with Gasteiger partial charge in [0, 0.05) is 26.2 Å². The van der Waals surface area contributed by atoms with Gasteiger partial charge in [0.25, 0.3) is 0 Å². The molecule has 0 radical (unpaired) electrons. The van der Waals surface area contributed by atoms with Crippen molar-refractivity contribution < 1.29 is 26.2 Å². The minimum Gasteiger partial charge on any atom is -0.266 e. The van der Waals surface area contributed by atoms with Gasteiger partial charge in [-0.1, -0.05) is 26.7 Å². The van der Waals surface area contributed by atoms with E-state index in [1.807, 2.05) is 0 Å². The first-order chi connectivity index (χ1) is 4.13. The molecule has 1 rings (SSSR count). The van der Waals surface area contributed by atoms with Crippen LogP contribution in [-0.4, -0.2) is 10.2 Å². The average Bonchev–Trinajstić information content (AvgIpc) is 1.98. The van der Waals surface area contributed by atoms with Crippen LogP contribution >= 0.6 is 24.8 Å². The number of rotatable bonds is 0. The summed E-state index contributed by atoms with van der Waals surface area (Å²) in [5, 5.41) is 1.57. The van der Waals surface area contributed by atoms with Crippen molar-refractivity contribution in [3.8, 4) is 0 Å². The SMILES string of the molecule is CC1=[C-]C(C)C(C)=C1[SiH3].Cl.Cl.[Zr]. The Morgan fingerprint density at radius 2 is 1.67 bits per heavy atom. The summed E-state index contributed by atoms with van der Waals surface area (Å²) in [6, 6.07) is 0. The molecule has 1 aliphatic carbocycles. The van der Waals surface area contributed by atoms with Crippen LogP contribution in [0.25, 0.3) is 0 Å². The third-order valence-electron chi connectivity index (χ3n) is 2.24. The molecule has 0 fully saturated rings. The summed E-state index contributed by atoms with van der Waals surface area (Å²) in [7, 11) is 1.19. The van der Waals surface area contributed by atoms with Gasteiger partial charge >= 0.3 is 0 Å². The van der Waals surface area contributed by atoms with Crippen molar-refractivity contribution in [3.63, 3.8) is 0 Å². The molecule has 1 unspecified atom stereocenters. The molecule has 0 saturated carbocycles. The van der Waals surface area contributed by atoms with Gasteiger partial charge in [-0.3, -0.25) is 6.08 Å². The Balaban J connectivity index is -0.000000270. The van der Waals surface area contributed by atoms with Gasteiger partial charge < -0.3 is 0 Å². The normalized spacial score (nSPS) is 20.6. The molecule has 1 atom stereocenters. The zero-order valence-electron chi connectivity index (χ0n) is 7.89. The molecule has 0 saturated heterocycles. The van der Waals surface area contributed by atoms with Crippen molar-refractivity contribution in [1.82, 2.24) is 0 Å². The summed E-state index contributed by atoms with van der Waals surface area (Å²) >= 11 is 0. The molecule has 0 bridgehead atoms. The van der Waals surface area contributed by atoms with Crippen molar-refractivity contribution in [3.05, 3.63) is 22.4 Å². The Labute approximate surface area is 110 Å². The molecule has 0 N–H and O–H groups in total. The number of hydrogen-bond donors (Lipinski definition) is 0. The van der Waals surface area contributed by atoms with E-state index in [0.717, 1.165) is 0 Å². The summed E-state index contributed by atoms with van der Waals surface area (Å²) in [5.41, 5.74) is 2.94. The molecule has 0 aromatic rings. The van der Waals surface area contributed by atoms with E-state index in [9.17, 15) is 0 Å². The van der Waals surface area contributed by atoms with Gasteiger partial charge in [0.05, 0.1) is 0 Å². The summed E-state index contributed by atoms with van der Waals surface area (Å²) in [6.07, 6.45) is 3.39. The van der Waals surface area contributed by atoms with Crippen molar-refractivity contribution in [1.29, 1.82) is 0 Å². The van der Waals surface area contributed by atoms with Crippen LogP contribution in [0.15, 0.2) is 16.3 Å². The van der Waals surface area contributed by atoms with Crippen molar-refractivity contribution in [2.24, 2.45) is 5.92 Å². The summed E-state index contributed by atoms with van der Waals surface area (Å²) in [6.45, 7) is 6.59. The van der Waals surface area contributed by atoms with E-state index in [0.29, 0.717) is 5.92 Å². The van der Waals surface area contributed by atoms with Crippen molar-refractivity contribution in [2.45, 2.75) is 20.8 Å². The first kappa shape index (κ1) is 18.9. The molecular weight excluding hydrogens is 286 g/mol. The minimum absolute atomic E-state index is 0. The van der Waals surface area contributed by atoms with E-state index in [1.54, 1.807) is 10.8 Å². The fraction of sp³-hybridized carbons (Fsp3) is 0.500. The van der Waals surface area contributed by atoms with Crippen LogP contribution in [0.2, 0.25) is 0 Å². The van der Waals surface area contributed by atoms with Gasteiger partial charge in [0.1, 0.15) is 0 Å². The molecular formula is C8H15Cl2SiZr-. The molecule has 12 heavy (non-hydrogen) atoms. The molecule has 0 aromatic carbocycles. The van der Waals surface area contributed by atoms with Crippen LogP contribution in [0.5, 0.6) is 0 Å². The third kappa shape index (κ3) is 3.91. The predicted molar refractivity (Wildman–Crippen MR) is 58.7 cm³/mol. The second-order valence-corrected chi connectivity index (χ2v) is 3.80. The van der Waals surface area contributed by atoms with Crippen LogP contribution in [0, 0.1) is 12.0 Å². The van der Waals surface area contributed by atoms with E-state index in [4.69, 9.17) is 0 Å². The average molecular weight is 301 g/mol. The Bertz CT molecular complexity index is 199. The van der Waals surface area contributed by atoms with Crippen molar-refractivity contribution in [2.75, 3.05) is 0 Å². The fourth-order valence-electron chi connectivity index (χ4n) is 1.16. The zero-order valence-corrected chi connectivity index (χ0v) is 14.0. The van der Waals surface area contributed by atoms with Gasteiger partial charge in [-0.15, -0.1) is 24.8 Å². The molecule has 0 spiro atoms. The minimum atomic E-state index is 0. The van der Waals surface area contributed by atoms with E-state index in [1.165, 1.54) is 15.8 Å². The maximum Gasteiger partial charge on any atom is 0 e. The molecule has 0 aliphatic heterocycles. The van der Waals surface area contributed by atoms with Crippen LogP contribution < -0.4 is 0 Å². The standard InChI is InChI=1S/C8H13Si.2ClH.Zr/c1-5-4-6(2)8(9)7(5)3;;;/h5H,1-3,9H3;2*1H;/q-1;;;. The molecule has 70 valence electrons. The summed E-state index contributed by atoms with van der Waals surface area (Å²) in [4.78, 5) is 0. The van der Waals surface area contributed by atoms with E-state index < -0.39 is 0 Å². The fourth-order valence-corrected chi connectivity index (χ4v) is 1.74. The Kier molecular flexibility index (Phi) is 11.9. The largest absolute Gasteiger partial charge is 0.266 e. The summed E-state index contributed by atoms with van der Waals surface area (Å²) in [5.74, 6) is 0.595. The van der Waals surface area contributed by atoms with E-state index in [2.05, 4.69) is 26.8 Å².